The third-order valence-corrected chi connectivity index (χ3v) is 7.50. The number of aliphatic hydroxyl groups is 1. The summed E-state index contributed by atoms with van der Waals surface area (Å²) >= 11 is 0. The lowest BCUT2D eigenvalue weighted by atomic mass is 10.0. The fraction of sp³-hybridized carbons (Fsp3) is 0.364. The van der Waals surface area contributed by atoms with Crippen LogP contribution in [-0.2, 0) is 9.84 Å². The first-order valence-corrected chi connectivity index (χ1v) is 12.1. The van der Waals surface area contributed by atoms with E-state index in [9.17, 15) is 31.5 Å². The third kappa shape index (κ3) is 4.73. The van der Waals surface area contributed by atoms with Crippen molar-refractivity contribution in [2.24, 2.45) is 0 Å². The van der Waals surface area contributed by atoms with Crippen molar-refractivity contribution >= 4 is 26.6 Å². The number of nitrogens with zero attached hydrogens (tertiary/aromatic N) is 2. The Morgan fingerprint density at radius 3 is 2.53 bits per heavy atom. The van der Waals surface area contributed by atoms with Gasteiger partial charge in [0, 0.05) is 23.9 Å². The second kappa shape index (κ2) is 8.58. The molecular formula is C22H22F3N3O5S. The summed E-state index contributed by atoms with van der Waals surface area (Å²) in [7, 11) is -3.20. The average Bonchev–Trinajstić information content (AvgIpc) is 3.09. The lowest BCUT2D eigenvalue weighted by Gasteiger charge is -2.38. The Hall–Kier alpha value is -3.12. The van der Waals surface area contributed by atoms with E-state index in [4.69, 9.17) is 4.74 Å². The van der Waals surface area contributed by atoms with Crippen molar-refractivity contribution in [2.45, 2.75) is 38.3 Å². The number of benzene rings is 2. The molecule has 0 aliphatic carbocycles. The van der Waals surface area contributed by atoms with Crippen molar-refractivity contribution in [2.75, 3.05) is 11.5 Å². The maximum absolute atomic E-state index is 13.4. The maximum atomic E-state index is 13.4. The summed E-state index contributed by atoms with van der Waals surface area (Å²) in [5.41, 5.74) is -0.505. The number of fused-ring (bicyclic) bond motifs is 1. The fourth-order valence-corrected chi connectivity index (χ4v) is 6.04. The number of ether oxygens (including phenoxy) is 1. The number of aromatic nitrogens is 2. The topological polar surface area (TPSA) is 111 Å². The average molecular weight is 497 g/mol. The molecule has 4 rings (SSSR count). The second-order valence-corrected chi connectivity index (χ2v) is 10.6. The molecule has 12 heteroatoms. The number of carbonyl (C=O) groups excluding carboxylic acids is 1. The minimum Gasteiger partial charge on any atom is -0.461 e. The van der Waals surface area contributed by atoms with Gasteiger partial charge in [0.2, 0.25) is 6.36 Å². The molecule has 1 fully saturated rings. The highest BCUT2D eigenvalue weighted by Crippen LogP contribution is 2.32. The first kappa shape index (κ1) is 24.0. The summed E-state index contributed by atoms with van der Waals surface area (Å²) < 4.78 is 69.3. The molecular weight excluding hydrogens is 475 g/mol. The van der Waals surface area contributed by atoms with Gasteiger partial charge in [-0.05, 0) is 37.3 Å². The second-order valence-electron chi connectivity index (χ2n) is 8.51. The third-order valence-electron chi connectivity index (χ3n) is 5.34. The fourth-order valence-electron chi connectivity index (χ4n) is 4.04. The van der Waals surface area contributed by atoms with Crippen LogP contribution in [-0.4, -0.2) is 59.0 Å². The molecule has 1 aromatic heterocycles. The Morgan fingerprint density at radius 2 is 1.91 bits per heavy atom. The Kier molecular flexibility index (Phi) is 6.06. The van der Waals surface area contributed by atoms with Gasteiger partial charge < -0.3 is 15.2 Å². The van der Waals surface area contributed by atoms with Crippen molar-refractivity contribution in [3.63, 3.8) is 0 Å². The summed E-state index contributed by atoms with van der Waals surface area (Å²) in [5.74, 6) is -0.794. The predicted molar refractivity (Wildman–Crippen MR) is 118 cm³/mol. The highest BCUT2D eigenvalue weighted by atomic mass is 32.2. The highest BCUT2D eigenvalue weighted by molar-refractivity contribution is 7.93. The van der Waals surface area contributed by atoms with E-state index < -0.39 is 40.2 Å². The Labute approximate surface area is 193 Å². The van der Waals surface area contributed by atoms with Crippen molar-refractivity contribution in [1.29, 1.82) is 0 Å². The van der Waals surface area contributed by atoms with Crippen LogP contribution in [0, 0.1) is 0 Å². The Bertz CT molecular complexity index is 1350. The number of carbonyl (C=O) groups is 1. The first-order chi connectivity index (χ1) is 15.9. The molecule has 34 heavy (non-hydrogen) atoms. The van der Waals surface area contributed by atoms with Crippen molar-refractivity contribution in [1.82, 2.24) is 15.1 Å². The molecule has 1 aliphatic rings. The summed E-state index contributed by atoms with van der Waals surface area (Å²) in [6, 6.07) is 10.4. The van der Waals surface area contributed by atoms with E-state index in [1.54, 1.807) is 19.1 Å². The van der Waals surface area contributed by atoms with Gasteiger partial charge in [0.15, 0.2) is 15.9 Å². The molecule has 2 atom stereocenters. The number of sulfone groups is 1. The molecule has 8 nitrogen and oxygen atoms in total. The van der Waals surface area contributed by atoms with Crippen LogP contribution in [0.5, 0.6) is 5.75 Å². The van der Waals surface area contributed by atoms with E-state index in [0.29, 0.717) is 11.2 Å². The summed E-state index contributed by atoms with van der Waals surface area (Å²) in [6.07, 6.45) is -6.93. The first-order valence-electron chi connectivity index (χ1n) is 10.3. The van der Waals surface area contributed by atoms with Gasteiger partial charge in [0.25, 0.3) is 12.3 Å². The van der Waals surface area contributed by atoms with Gasteiger partial charge in [-0.15, -0.1) is 0 Å². The zero-order chi connectivity index (χ0) is 24.8. The minimum atomic E-state index is -3.20. The Balaban J connectivity index is 1.75. The van der Waals surface area contributed by atoms with E-state index in [1.165, 1.54) is 41.9 Å². The highest BCUT2D eigenvalue weighted by Gasteiger charge is 2.45. The number of rotatable bonds is 7. The molecule has 2 unspecified atom stereocenters. The lowest BCUT2D eigenvalue weighted by Crippen LogP contribution is -2.63. The van der Waals surface area contributed by atoms with Crippen molar-refractivity contribution in [3.05, 3.63) is 53.7 Å². The standard InChI is InChI=1S/C22H22F3N3O5S/c1-12(23)33-15-5-3-4-14(9-15)28-17-7-6-13(8-16(17)18(27-28)19(29)20(24)25)21(30)26-22(2)10-34(31,32)11-22/h3-9,12,19-20,29H,10-11H2,1-2H3,(H,26,30). The number of halogens is 3. The molecule has 1 aliphatic heterocycles. The maximum Gasteiger partial charge on any atom is 0.269 e. The number of hydrogen-bond acceptors (Lipinski definition) is 6. The molecule has 182 valence electrons. The molecule has 1 amide bonds. The van der Waals surface area contributed by atoms with Crippen LogP contribution in [0.4, 0.5) is 13.2 Å². The van der Waals surface area contributed by atoms with Crippen LogP contribution in [0.15, 0.2) is 42.5 Å². The van der Waals surface area contributed by atoms with Crippen LogP contribution in [0.2, 0.25) is 0 Å². The van der Waals surface area contributed by atoms with Crippen molar-refractivity contribution in [3.8, 4) is 11.4 Å². The number of aliphatic hydroxyl groups excluding tert-OH is 1. The van der Waals surface area contributed by atoms with Crippen LogP contribution in [0.1, 0.15) is 36.0 Å². The quantitative estimate of drug-likeness (QED) is 0.520. The van der Waals surface area contributed by atoms with E-state index >= 15 is 0 Å². The molecule has 0 saturated carbocycles. The number of amides is 1. The zero-order valence-electron chi connectivity index (χ0n) is 18.2. The van der Waals surface area contributed by atoms with Crippen LogP contribution < -0.4 is 10.1 Å². The summed E-state index contributed by atoms with van der Waals surface area (Å²) in [5, 5.41) is 17.0. The zero-order valence-corrected chi connectivity index (χ0v) is 19.0. The SMILES string of the molecule is CC(F)Oc1cccc(-n2nc(C(O)C(F)F)c3cc(C(=O)NC4(C)CS(=O)(=O)C4)ccc32)c1. The molecule has 0 radical (unpaired) electrons. The lowest BCUT2D eigenvalue weighted by molar-refractivity contribution is -0.00760. The van der Waals surface area contributed by atoms with Crippen LogP contribution in [0.25, 0.3) is 16.6 Å². The smallest absolute Gasteiger partial charge is 0.269 e. The van der Waals surface area contributed by atoms with Gasteiger partial charge in [0.05, 0.1) is 28.2 Å². The van der Waals surface area contributed by atoms with E-state index in [0.717, 1.165) is 0 Å². The van der Waals surface area contributed by atoms with Gasteiger partial charge in [-0.3, -0.25) is 4.79 Å². The normalized spacial score (nSPS) is 18.3. The van der Waals surface area contributed by atoms with Gasteiger partial charge in [-0.1, -0.05) is 6.07 Å². The molecule has 2 heterocycles. The number of nitrogens with one attached hydrogen (secondary N) is 1. The molecule has 2 aromatic carbocycles. The van der Waals surface area contributed by atoms with Gasteiger partial charge in [-0.25, -0.2) is 26.3 Å². The summed E-state index contributed by atoms with van der Waals surface area (Å²) in [6.45, 7) is 2.81. The van der Waals surface area contributed by atoms with Gasteiger partial charge in [-0.2, -0.15) is 5.10 Å². The molecule has 1 saturated heterocycles. The van der Waals surface area contributed by atoms with Gasteiger partial charge >= 0.3 is 0 Å². The van der Waals surface area contributed by atoms with Crippen LogP contribution in [0.3, 0.4) is 0 Å². The number of hydrogen-bond donors (Lipinski definition) is 2. The summed E-state index contributed by atoms with van der Waals surface area (Å²) in [4.78, 5) is 12.8. The molecule has 2 N–H and O–H groups in total. The van der Waals surface area contributed by atoms with Crippen LogP contribution >= 0.6 is 0 Å². The van der Waals surface area contributed by atoms with E-state index in [2.05, 4.69) is 10.4 Å². The van der Waals surface area contributed by atoms with E-state index in [1.807, 2.05) is 0 Å². The number of alkyl halides is 3. The molecule has 0 spiro atoms. The van der Waals surface area contributed by atoms with E-state index in [-0.39, 0.29) is 33.9 Å². The monoisotopic (exact) mass is 497 g/mol. The molecule has 0 bridgehead atoms. The predicted octanol–water partition coefficient (Wildman–Crippen LogP) is 2.94. The van der Waals surface area contributed by atoms with Crippen molar-refractivity contribution < 1.29 is 36.2 Å². The largest absolute Gasteiger partial charge is 0.461 e. The minimum absolute atomic E-state index is 0.0867. The van der Waals surface area contributed by atoms with Gasteiger partial charge in [0.1, 0.15) is 11.4 Å². The Morgan fingerprint density at radius 1 is 1.21 bits per heavy atom. The molecule has 3 aromatic rings.